The molecule has 0 saturated carbocycles. The Balaban J connectivity index is 2.08. The van der Waals surface area contributed by atoms with Gasteiger partial charge in [-0.1, -0.05) is 25.1 Å². The number of rotatable bonds is 2. The van der Waals surface area contributed by atoms with Crippen molar-refractivity contribution < 1.29 is 5.11 Å². The molecule has 1 unspecified atom stereocenters. The lowest BCUT2D eigenvalue weighted by molar-refractivity contribution is 0.0417. The van der Waals surface area contributed by atoms with E-state index in [0.29, 0.717) is 18.9 Å². The number of hydrogen-bond acceptors (Lipinski definition) is 5. The molecule has 1 atom stereocenters. The summed E-state index contributed by atoms with van der Waals surface area (Å²) in [6.07, 6.45) is 0.994. The van der Waals surface area contributed by atoms with E-state index in [1.165, 1.54) is 0 Å². The Morgan fingerprint density at radius 1 is 1.26 bits per heavy atom. The minimum Gasteiger partial charge on any atom is -0.386 e. The van der Waals surface area contributed by atoms with E-state index in [0.717, 1.165) is 40.9 Å². The zero-order valence-corrected chi connectivity index (χ0v) is 13.5. The van der Waals surface area contributed by atoms with Crippen LogP contribution in [0.4, 0.5) is 11.8 Å². The van der Waals surface area contributed by atoms with Gasteiger partial charge in [0.05, 0.1) is 29.7 Å². The van der Waals surface area contributed by atoms with Gasteiger partial charge in [0.25, 0.3) is 0 Å². The molecule has 3 N–H and O–H groups in total. The third kappa shape index (κ3) is 2.13. The summed E-state index contributed by atoms with van der Waals surface area (Å²) >= 11 is 0. The number of aromatic nitrogens is 3. The van der Waals surface area contributed by atoms with Crippen LogP contribution in [0.15, 0.2) is 24.3 Å². The molecular weight excluding hydrogens is 290 g/mol. The van der Waals surface area contributed by atoms with Gasteiger partial charge in [0.2, 0.25) is 5.95 Å². The van der Waals surface area contributed by atoms with Gasteiger partial charge in [-0.25, -0.2) is 9.97 Å². The van der Waals surface area contributed by atoms with Crippen LogP contribution in [0.2, 0.25) is 0 Å². The summed E-state index contributed by atoms with van der Waals surface area (Å²) in [7, 11) is 0. The fraction of sp³-hybridized carbons (Fsp3) is 0.412. The Morgan fingerprint density at radius 2 is 2.04 bits per heavy atom. The van der Waals surface area contributed by atoms with Gasteiger partial charge in [-0.15, -0.1) is 0 Å². The highest BCUT2D eigenvalue weighted by Gasteiger charge is 2.34. The van der Waals surface area contributed by atoms with Crippen molar-refractivity contribution in [2.45, 2.75) is 32.4 Å². The van der Waals surface area contributed by atoms with Crippen LogP contribution in [0, 0.1) is 0 Å². The van der Waals surface area contributed by atoms with E-state index in [2.05, 4.69) is 21.4 Å². The molecule has 0 spiro atoms. The number of nitrogens with two attached hydrogens (primary N) is 1. The van der Waals surface area contributed by atoms with Crippen molar-refractivity contribution >= 4 is 33.7 Å². The number of aliphatic hydroxyl groups is 1. The lowest BCUT2D eigenvalue weighted by atomic mass is 10.0. The van der Waals surface area contributed by atoms with E-state index >= 15 is 0 Å². The monoisotopic (exact) mass is 311 g/mol. The molecule has 0 amide bonds. The van der Waals surface area contributed by atoms with Crippen molar-refractivity contribution in [3.05, 3.63) is 24.3 Å². The van der Waals surface area contributed by atoms with Gasteiger partial charge >= 0.3 is 0 Å². The van der Waals surface area contributed by atoms with Gasteiger partial charge in [0, 0.05) is 11.9 Å². The average molecular weight is 311 g/mol. The summed E-state index contributed by atoms with van der Waals surface area (Å²) in [5.74, 6) is 1.31. The molecule has 120 valence electrons. The van der Waals surface area contributed by atoms with E-state index in [1.54, 1.807) is 0 Å². The second kappa shape index (κ2) is 4.83. The van der Waals surface area contributed by atoms with Crippen molar-refractivity contribution in [1.29, 1.82) is 0 Å². The van der Waals surface area contributed by atoms with Crippen LogP contribution in [0.25, 0.3) is 21.9 Å². The van der Waals surface area contributed by atoms with Crippen molar-refractivity contribution in [2.24, 2.45) is 0 Å². The van der Waals surface area contributed by atoms with Gasteiger partial charge in [-0.05, 0) is 19.4 Å². The molecule has 4 rings (SSSR count). The average Bonchev–Trinajstić information content (AvgIpc) is 2.87. The second-order valence-corrected chi connectivity index (χ2v) is 6.63. The number of hydrogen-bond donors (Lipinski definition) is 2. The molecule has 1 aliphatic rings. The van der Waals surface area contributed by atoms with E-state index in [1.807, 2.05) is 31.2 Å². The number of fused-ring (bicyclic) bond motifs is 5. The highest BCUT2D eigenvalue weighted by atomic mass is 16.3. The third-order valence-corrected chi connectivity index (χ3v) is 4.40. The molecule has 0 saturated heterocycles. The van der Waals surface area contributed by atoms with Gasteiger partial charge in [0.1, 0.15) is 5.52 Å². The molecule has 2 aromatic heterocycles. The van der Waals surface area contributed by atoms with Gasteiger partial charge in [-0.3, -0.25) is 0 Å². The molecule has 1 aromatic carbocycles. The molecule has 3 aromatic rings. The number of nitrogens with zero attached hydrogens (tertiary/aromatic N) is 4. The predicted octanol–water partition coefficient (Wildman–Crippen LogP) is 2.15. The maximum Gasteiger partial charge on any atom is 0.206 e. The van der Waals surface area contributed by atoms with Crippen LogP contribution in [-0.4, -0.2) is 38.3 Å². The first kappa shape index (κ1) is 14.3. The van der Waals surface area contributed by atoms with E-state index < -0.39 is 5.60 Å². The number of anilines is 2. The van der Waals surface area contributed by atoms with Gasteiger partial charge in [-0.2, -0.15) is 0 Å². The van der Waals surface area contributed by atoms with Crippen molar-refractivity contribution in [3.63, 3.8) is 0 Å². The quantitative estimate of drug-likeness (QED) is 0.758. The van der Waals surface area contributed by atoms with Crippen molar-refractivity contribution in [1.82, 2.24) is 14.5 Å². The molecule has 0 bridgehead atoms. The first-order chi connectivity index (χ1) is 11.0. The zero-order chi connectivity index (χ0) is 16.2. The van der Waals surface area contributed by atoms with Crippen molar-refractivity contribution in [3.8, 4) is 0 Å². The fourth-order valence-electron chi connectivity index (χ4n) is 3.56. The van der Waals surface area contributed by atoms with E-state index in [4.69, 9.17) is 10.7 Å². The van der Waals surface area contributed by atoms with Crippen LogP contribution < -0.4 is 10.6 Å². The maximum atomic E-state index is 10.7. The lowest BCUT2D eigenvalue weighted by Gasteiger charge is -2.38. The Labute approximate surface area is 134 Å². The number of para-hydroxylation sites is 1. The molecule has 23 heavy (non-hydrogen) atoms. The summed E-state index contributed by atoms with van der Waals surface area (Å²) in [6.45, 7) is 5.94. The van der Waals surface area contributed by atoms with Gasteiger partial charge < -0.3 is 20.3 Å². The molecule has 0 radical (unpaired) electrons. The Bertz CT molecular complexity index is 899. The smallest absolute Gasteiger partial charge is 0.206 e. The first-order valence-electron chi connectivity index (χ1n) is 8.02. The normalized spacial score (nSPS) is 21.1. The number of nitrogen functional groups attached to an aromatic ring is 1. The second-order valence-electron chi connectivity index (χ2n) is 6.63. The number of pyridine rings is 1. The largest absolute Gasteiger partial charge is 0.386 e. The number of benzene rings is 1. The summed E-state index contributed by atoms with van der Waals surface area (Å²) in [5, 5.41) is 11.7. The maximum absolute atomic E-state index is 10.7. The Kier molecular flexibility index (Phi) is 2.99. The van der Waals surface area contributed by atoms with Crippen LogP contribution >= 0.6 is 0 Å². The number of β-amino-alcohol motifs (C(OH)–C–C–N with tert-alkyl or cyclic N) is 1. The van der Waals surface area contributed by atoms with E-state index in [9.17, 15) is 5.11 Å². The fourth-order valence-corrected chi connectivity index (χ4v) is 3.56. The Morgan fingerprint density at radius 3 is 2.83 bits per heavy atom. The Hall–Kier alpha value is -2.34. The topological polar surface area (TPSA) is 80.2 Å². The molecule has 6 heteroatoms. The third-order valence-electron chi connectivity index (χ3n) is 4.40. The summed E-state index contributed by atoms with van der Waals surface area (Å²) in [6, 6.07) is 7.93. The van der Waals surface area contributed by atoms with Crippen LogP contribution in [0.3, 0.4) is 0 Å². The van der Waals surface area contributed by atoms with Crippen molar-refractivity contribution in [2.75, 3.05) is 23.7 Å². The predicted molar refractivity (Wildman–Crippen MR) is 92.6 cm³/mol. The highest BCUT2D eigenvalue weighted by Crippen LogP contribution is 2.35. The SMILES string of the molecule is CCCN1CC(C)(O)Cn2c1nc1c(N)nc3ccccc3c12. The molecule has 3 heterocycles. The molecule has 1 aliphatic heterocycles. The zero-order valence-electron chi connectivity index (χ0n) is 13.5. The molecule has 0 fully saturated rings. The summed E-state index contributed by atoms with van der Waals surface area (Å²) < 4.78 is 2.09. The molecular formula is C17H21N5O. The molecule has 0 aliphatic carbocycles. The summed E-state index contributed by atoms with van der Waals surface area (Å²) in [4.78, 5) is 11.4. The number of imidazole rings is 1. The highest BCUT2D eigenvalue weighted by molar-refractivity contribution is 6.07. The first-order valence-corrected chi connectivity index (χ1v) is 8.02. The summed E-state index contributed by atoms with van der Waals surface area (Å²) in [5.41, 5.74) is 7.89. The lowest BCUT2D eigenvalue weighted by Crippen LogP contribution is -2.49. The van der Waals surface area contributed by atoms with Crippen LogP contribution in [0.1, 0.15) is 20.3 Å². The standard InChI is InChI=1S/C17H21N5O/c1-3-8-21-9-17(2,23)10-22-14-11-6-4-5-7-12(11)19-15(18)13(14)20-16(21)22/h4-7,23H,3,8-10H2,1-2H3,(H2,18,19). The minimum atomic E-state index is -0.797. The minimum absolute atomic E-state index is 0.441. The van der Waals surface area contributed by atoms with E-state index in [-0.39, 0.29) is 0 Å². The molecule has 6 nitrogen and oxygen atoms in total. The van der Waals surface area contributed by atoms with Crippen LogP contribution in [-0.2, 0) is 6.54 Å². The van der Waals surface area contributed by atoms with Crippen LogP contribution in [0.5, 0.6) is 0 Å². The van der Waals surface area contributed by atoms with Gasteiger partial charge in [0.15, 0.2) is 5.82 Å².